The molecule has 5 nitrogen and oxygen atoms in total. The summed E-state index contributed by atoms with van der Waals surface area (Å²) in [6.07, 6.45) is 0. The predicted octanol–water partition coefficient (Wildman–Crippen LogP) is 3.56. The van der Waals surface area contributed by atoms with E-state index in [9.17, 15) is 9.18 Å². The maximum absolute atomic E-state index is 13.2. The van der Waals surface area contributed by atoms with Crippen LogP contribution < -0.4 is 0 Å². The van der Waals surface area contributed by atoms with Crippen molar-refractivity contribution in [2.45, 2.75) is 0 Å². The van der Waals surface area contributed by atoms with Gasteiger partial charge in [-0.25, -0.2) is 13.9 Å². The number of aromatic carboxylic acids is 1. The molecule has 8 heteroatoms. The summed E-state index contributed by atoms with van der Waals surface area (Å²) in [5, 5.41) is 16.9. The molecular formula is C13H6Cl2FN3O2. The highest BCUT2D eigenvalue weighted by atomic mass is 35.5. The van der Waals surface area contributed by atoms with Gasteiger partial charge in [0.1, 0.15) is 17.0 Å². The van der Waals surface area contributed by atoms with Gasteiger partial charge in [0, 0.05) is 0 Å². The van der Waals surface area contributed by atoms with E-state index >= 15 is 0 Å². The van der Waals surface area contributed by atoms with E-state index in [1.165, 1.54) is 22.9 Å². The number of rotatable bonds is 2. The molecule has 106 valence electrons. The third-order valence-corrected chi connectivity index (χ3v) is 3.46. The number of hydrogen-bond acceptors (Lipinski definition) is 3. The number of fused-ring (bicyclic) bond motifs is 1. The van der Waals surface area contributed by atoms with Crippen LogP contribution in [-0.2, 0) is 0 Å². The van der Waals surface area contributed by atoms with Gasteiger partial charge < -0.3 is 5.11 Å². The maximum Gasteiger partial charge on any atom is 0.335 e. The third kappa shape index (κ3) is 2.32. The molecule has 1 aromatic heterocycles. The molecule has 0 radical (unpaired) electrons. The van der Waals surface area contributed by atoms with Crippen LogP contribution in [0.5, 0.6) is 0 Å². The molecule has 0 fully saturated rings. The quantitative estimate of drug-likeness (QED) is 0.782. The first kappa shape index (κ1) is 13.8. The molecule has 0 aliphatic heterocycles. The van der Waals surface area contributed by atoms with Crippen molar-refractivity contribution in [3.63, 3.8) is 0 Å². The van der Waals surface area contributed by atoms with E-state index in [1.54, 1.807) is 0 Å². The standard InChI is InChI=1S/C13H6Cl2FN3O2/c14-8-4-7(16)5-9(15)12(8)19-11-3-6(13(20)21)1-2-10(11)17-18-19/h1-5H,(H,20,21). The van der Waals surface area contributed by atoms with Crippen molar-refractivity contribution in [1.82, 2.24) is 15.0 Å². The lowest BCUT2D eigenvalue weighted by Gasteiger charge is -2.08. The lowest BCUT2D eigenvalue weighted by molar-refractivity contribution is 0.0697. The van der Waals surface area contributed by atoms with Crippen LogP contribution in [0.15, 0.2) is 30.3 Å². The van der Waals surface area contributed by atoms with Crippen molar-refractivity contribution in [2.75, 3.05) is 0 Å². The first-order valence-electron chi connectivity index (χ1n) is 5.71. The molecule has 0 saturated heterocycles. The largest absolute Gasteiger partial charge is 0.478 e. The first-order valence-corrected chi connectivity index (χ1v) is 6.46. The number of halogens is 3. The van der Waals surface area contributed by atoms with Gasteiger partial charge in [-0.2, -0.15) is 0 Å². The minimum Gasteiger partial charge on any atom is -0.478 e. The lowest BCUT2D eigenvalue weighted by Crippen LogP contribution is -2.01. The van der Waals surface area contributed by atoms with Gasteiger partial charge >= 0.3 is 5.97 Å². The smallest absolute Gasteiger partial charge is 0.335 e. The number of carbonyl (C=O) groups is 1. The Balaban J connectivity index is 2.30. The molecular weight excluding hydrogens is 320 g/mol. The zero-order valence-corrected chi connectivity index (χ0v) is 11.7. The molecule has 0 unspecified atom stereocenters. The van der Waals surface area contributed by atoms with E-state index in [2.05, 4.69) is 10.3 Å². The van der Waals surface area contributed by atoms with Crippen molar-refractivity contribution in [2.24, 2.45) is 0 Å². The molecule has 21 heavy (non-hydrogen) atoms. The number of carboxylic acid groups (broad SMARTS) is 1. The van der Waals surface area contributed by atoms with Crippen LogP contribution in [0.4, 0.5) is 4.39 Å². The lowest BCUT2D eigenvalue weighted by atomic mass is 10.2. The van der Waals surface area contributed by atoms with Crippen LogP contribution in [0.1, 0.15) is 10.4 Å². The van der Waals surface area contributed by atoms with E-state index in [0.717, 1.165) is 12.1 Å². The van der Waals surface area contributed by atoms with Crippen molar-refractivity contribution in [3.05, 3.63) is 51.8 Å². The number of hydrogen-bond donors (Lipinski definition) is 1. The van der Waals surface area contributed by atoms with Gasteiger partial charge in [0.25, 0.3) is 0 Å². The van der Waals surface area contributed by atoms with E-state index < -0.39 is 11.8 Å². The molecule has 0 aliphatic carbocycles. The SMILES string of the molecule is O=C(O)c1ccc2nnn(-c3c(Cl)cc(F)cc3Cl)c2c1. The molecule has 2 aromatic carbocycles. The van der Waals surface area contributed by atoms with Crippen molar-refractivity contribution in [3.8, 4) is 5.69 Å². The van der Waals surface area contributed by atoms with Crippen LogP contribution in [0.3, 0.4) is 0 Å². The second kappa shape index (κ2) is 4.98. The van der Waals surface area contributed by atoms with E-state index in [1.807, 2.05) is 0 Å². The molecule has 1 N–H and O–H groups in total. The van der Waals surface area contributed by atoms with Gasteiger partial charge in [-0.15, -0.1) is 5.10 Å². The van der Waals surface area contributed by atoms with Crippen molar-refractivity contribution < 1.29 is 14.3 Å². The Morgan fingerprint density at radius 3 is 2.48 bits per heavy atom. The zero-order chi connectivity index (χ0) is 15.1. The van der Waals surface area contributed by atoms with E-state index in [4.69, 9.17) is 28.3 Å². The van der Waals surface area contributed by atoms with Gasteiger partial charge in [0.05, 0.1) is 21.1 Å². The Labute approximate surface area is 127 Å². The van der Waals surface area contributed by atoms with Crippen LogP contribution in [0, 0.1) is 5.82 Å². The Kier molecular flexibility index (Phi) is 3.27. The maximum atomic E-state index is 13.2. The van der Waals surface area contributed by atoms with E-state index in [0.29, 0.717) is 11.0 Å². The number of nitrogens with zero attached hydrogens (tertiary/aromatic N) is 3. The second-order valence-electron chi connectivity index (χ2n) is 4.23. The molecule has 0 bridgehead atoms. The molecule has 0 saturated carbocycles. The number of benzene rings is 2. The highest BCUT2D eigenvalue weighted by Gasteiger charge is 2.16. The predicted molar refractivity (Wildman–Crippen MR) is 75.8 cm³/mol. The van der Waals surface area contributed by atoms with Crippen LogP contribution in [0.2, 0.25) is 10.0 Å². The third-order valence-electron chi connectivity index (χ3n) is 2.89. The second-order valence-corrected chi connectivity index (χ2v) is 5.04. The summed E-state index contributed by atoms with van der Waals surface area (Å²) in [5.41, 5.74) is 1.19. The van der Waals surface area contributed by atoms with Crippen LogP contribution in [0.25, 0.3) is 16.7 Å². The Bertz CT molecular complexity index is 856. The van der Waals surface area contributed by atoms with Gasteiger partial charge in [0.15, 0.2) is 0 Å². The summed E-state index contributed by atoms with van der Waals surface area (Å²) in [7, 11) is 0. The normalized spacial score (nSPS) is 11.0. The first-order chi connectivity index (χ1) is 9.97. The highest BCUT2D eigenvalue weighted by molar-refractivity contribution is 6.37. The summed E-state index contributed by atoms with van der Waals surface area (Å²) >= 11 is 12.0. The topological polar surface area (TPSA) is 68.0 Å². The van der Waals surface area contributed by atoms with Gasteiger partial charge in [-0.3, -0.25) is 0 Å². The summed E-state index contributed by atoms with van der Waals surface area (Å²) < 4.78 is 14.5. The molecule has 0 amide bonds. The summed E-state index contributed by atoms with van der Waals surface area (Å²) in [6, 6.07) is 6.52. The number of carboxylic acids is 1. The summed E-state index contributed by atoms with van der Waals surface area (Å²) in [4.78, 5) is 11.0. The van der Waals surface area contributed by atoms with Gasteiger partial charge in [0.2, 0.25) is 0 Å². The fourth-order valence-electron chi connectivity index (χ4n) is 1.95. The monoisotopic (exact) mass is 325 g/mol. The Morgan fingerprint density at radius 1 is 1.19 bits per heavy atom. The molecule has 0 spiro atoms. The van der Waals surface area contributed by atoms with Crippen LogP contribution >= 0.6 is 23.2 Å². The molecule has 0 aliphatic rings. The number of aromatic nitrogens is 3. The molecule has 0 atom stereocenters. The fourth-order valence-corrected chi connectivity index (χ4v) is 2.57. The molecule has 3 rings (SSSR count). The van der Waals surface area contributed by atoms with Crippen molar-refractivity contribution >= 4 is 40.2 Å². The summed E-state index contributed by atoms with van der Waals surface area (Å²) in [5.74, 6) is -1.66. The minimum absolute atomic E-state index is 0.0486. The fraction of sp³-hybridized carbons (Fsp3) is 0. The van der Waals surface area contributed by atoms with E-state index in [-0.39, 0.29) is 21.3 Å². The molecule has 3 aromatic rings. The minimum atomic E-state index is -1.08. The Hall–Kier alpha value is -2.18. The van der Waals surface area contributed by atoms with Crippen LogP contribution in [-0.4, -0.2) is 26.1 Å². The average molecular weight is 326 g/mol. The zero-order valence-electron chi connectivity index (χ0n) is 10.2. The average Bonchev–Trinajstić information content (AvgIpc) is 2.80. The highest BCUT2D eigenvalue weighted by Crippen LogP contribution is 2.31. The van der Waals surface area contributed by atoms with Gasteiger partial charge in [-0.1, -0.05) is 28.4 Å². The van der Waals surface area contributed by atoms with Crippen molar-refractivity contribution in [1.29, 1.82) is 0 Å². The molecule has 1 heterocycles. The van der Waals surface area contributed by atoms with Gasteiger partial charge in [-0.05, 0) is 30.3 Å². The Morgan fingerprint density at radius 2 is 1.86 bits per heavy atom. The summed E-state index contributed by atoms with van der Waals surface area (Å²) in [6.45, 7) is 0.